The van der Waals surface area contributed by atoms with Gasteiger partial charge in [-0.2, -0.15) is 0 Å². The fourth-order valence-electron chi connectivity index (χ4n) is 5.61. The lowest BCUT2D eigenvalue weighted by Gasteiger charge is -2.27. The summed E-state index contributed by atoms with van der Waals surface area (Å²) in [5.41, 5.74) is 10.3. The molecule has 0 unspecified atom stereocenters. The highest BCUT2D eigenvalue weighted by Crippen LogP contribution is 2.43. The highest BCUT2D eigenvalue weighted by Gasteiger charge is 2.27. The summed E-state index contributed by atoms with van der Waals surface area (Å²) in [5.74, 6) is 0.962. The van der Waals surface area contributed by atoms with Crippen LogP contribution in [-0.2, 0) is 17.9 Å². The van der Waals surface area contributed by atoms with Gasteiger partial charge in [-0.15, -0.1) is 0 Å². The fraction of sp³-hybridized carbons (Fsp3) is 0.237. The van der Waals surface area contributed by atoms with Gasteiger partial charge in [0.1, 0.15) is 17.1 Å². The summed E-state index contributed by atoms with van der Waals surface area (Å²) in [6, 6.07) is 29.2. The first-order valence-corrected chi connectivity index (χ1v) is 14.7. The number of aromatic hydroxyl groups is 1. The van der Waals surface area contributed by atoms with Crippen molar-refractivity contribution in [2.45, 2.75) is 52.4 Å². The molecule has 3 heterocycles. The smallest absolute Gasteiger partial charge is 0.160 e. The van der Waals surface area contributed by atoms with Crippen molar-refractivity contribution in [1.29, 1.82) is 0 Å². The molecule has 0 aliphatic heterocycles. The lowest BCUT2D eigenvalue weighted by atomic mass is 9.79. The molecule has 0 saturated carbocycles. The molecular weight excluding hydrogens is 528 g/mol. The van der Waals surface area contributed by atoms with Gasteiger partial charge in [0.05, 0.1) is 11.3 Å². The average Bonchev–Trinajstić information content (AvgIpc) is 3.33. The lowest BCUT2D eigenvalue weighted by Crippen LogP contribution is -2.17. The molecule has 0 bridgehead atoms. The van der Waals surface area contributed by atoms with Crippen molar-refractivity contribution in [1.82, 2.24) is 19.5 Å². The normalized spacial score (nSPS) is 12.2. The molecule has 3 aromatic heterocycles. The number of hydrogen-bond acceptors (Lipinski definition) is 4. The third-order valence-corrected chi connectivity index (χ3v) is 8.12. The zero-order valence-corrected chi connectivity index (χ0v) is 26.0. The third kappa shape index (κ3) is 5.32. The molecule has 5 heteroatoms. The van der Waals surface area contributed by atoms with Gasteiger partial charge in [-0.3, -0.25) is 4.98 Å². The summed E-state index contributed by atoms with van der Waals surface area (Å²) in [6.07, 6.45) is 3.69. The Morgan fingerprint density at radius 3 is 2.05 bits per heavy atom. The van der Waals surface area contributed by atoms with Gasteiger partial charge in [0.15, 0.2) is 5.65 Å². The van der Waals surface area contributed by atoms with Crippen LogP contribution in [0, 0.1) is 0 Å². The van der Waals surface area contributed by atoms with E-state index in [0.717, 1.165) is 61.4 Å². The number of fused-ring (bicyclic) bond motifs is 1. The number of phenolic OH excluding ortho intramolecular Hbond substituents is 1. The highest BCUT2D eigenvalue weighted by atomic mass is 16.3. The van der Waals surface area contributed by atoms with Crippen molar-refractivity contribution in [2.75, 3.05) is 0 Å². The second-order valence-corrected chi connectivity index (χ2v) is 13.3. The maximum Gasteiger partial charge on any atom is 0.160 e. The molecule has 0 fully saturated rings. The first-order chi connectivity index (χ1) is 20.4. The van der Waals surface area contributed by atoms with Crippen molar-refractivity contribution in [2.24, 2.45) is 7.05 Å². The average molecular weight is 567 g/mol. The Labute approximate surface area is 253 Å². The van der Waals surface area contributed by atoms with Crippen LogP contribution in [0.15, 0.2) is 97.3 Å². The van der Waals surface area contributed by atoms with Gasteiger partial charge in [-0.1, -0.05) is 96.1 Å². The van der Waals surface area contributed by atoms with E-state index in [9.17, 15) is 5.11 Å². The van der Waals surface area contributed by atoms with Gasteiger partial charge in [-0.25, -0.2) is 9.97 Å². The predicted molar refractivity (Wildman–Crippen MR) is 177 cm³/mol. The summed E-state index contributed by atoms with van der Waals surface area (Å²) in [4.78, 5) is 14.6. The van der Waals surface area contributed by atoms with Crippen molar-refractivity contribution < 1.29 is 5.11 Å². The largest absolute Gasteiger partial charge is 0.507 e. The number of benzene rings is 3. The Morgan fingerprint density at radius 1 is 0.628 bits per heavy atom. The van der Waals surface area contributed by atoms with Crippen LogP contribution >= 0.6 is 0 Å². The van der Waals surface area contributed by atoms with E-state index in [4.69, 9.17) is 15.0 Å². The van der Waals surface area contributed by atoms with Crippen LogP contribution in [0.5, 0.6) is 5.75 Å². The molecule has 0 radical (unpaired) electrons. The Hall–Kier alpha value is -4.77. The van der Waals surface area contributed by atoms with Crippen LogP contribution in [0.4, 0.5) is 0 Å². The maximum absolute atomic E-state index is 11.6. The van der Waals surface area contributed by atoms with E-state index in [1.165, 1.54) is 0 Å². The van der Waals surface area contributed by atoms with E-state index in [1.54, 1.807) is 0 Å². The van der Waals surface area contributed by atoms with E-state index >= 15 is 0 Å². The Morgan fingerprint density at radius 2 is 1.33 bits per heavy atom. The standard InChI is InChI=1S/C38H38N4O/c1-37(2,3)28-22-30(34(43)31(23-28)38(4,5)6)35-41-33-29(17-19-40-36(33)42(35)7)26-14-11-15-27(20-26)32-21-25(16-18-39-32)24-12-9-8-10-13-24/h8-23,43H,1-7H3. The molecular formula is C38H38N4O. The van der Waals surface area contributed by atoms with E-state index in [0.29, 0.717) is 5.82 Å². The topological polar surface area (TPSA) is 63.8 Å². The third-order valence-electron chi connectivity index (χ3n) is 8.12. The maximum atomic E-state index is 11.6. The SMILES string of the molecule is Cn1c(-c2cc(C(C)(C)C)cc(C(C)(C)C)c2O)nc2c(-c3cccc(-c4cc(-c5ccccc5)ccn4)c3)ccnc21. The number of aromatic nitrogens is 4. The Bertz CT molecular complexity index is 1960. The van der Waals surface area contributed by atoms with Crippen LogP contribution in [0.2, 0.25) is 0 Å². The van der Waals surface area contributed by atoms with Gasteiger partial charge >= 0.3 is 0 Å². The van der Waals surface area contributed by atoms with Gasteiger partial charge in [-0.05, 0) is 63.4 Å². The minimum Gasteiger partial charge on any atom is -0.507 e. The van der Waals surface area contributed by atoms with Gasteiger partial charge in [0.2, 0.25) is 0 Å². The summed E-state index contributed by atoms with van der Waals surface area (Å²) in [6.45, 7) is 13.0. The van der Waals surface area contributed by atoms with Crippen LogP contribution in [0.1, 0.15) is 52.7 Å². The number of aryl methyl sites for hydroxylation is 1. The molecule has 0 aliphatic carbocycles. The van der Waals surface area contributed by atoms with Crippen LogP contribution < -0.4 is 0 Å². The number of hydrogen-bond donors (Lipinski definition) is 1. The van der Waals surface area contributed by atoms with Crippen LogP contribution in [0.25, 0.3) is 56.1 Å². The second kappa shape index (κ2) is 10.5. The van der Waals surface area contributed by atoms with Crippen molar-refractivity contribution in [3.63, 3.8) is 0 Å². The van der Waals surface area contributed by atoms with Crippen LogP contribution in [-0.4, -0.2) is 24.6 Å². The van der Waals surface area contributed by atoms with Crippen molar-refractivity contribution in [3.8, 4) is 50.6 Å². The molecule has 6 aromatic rings. The molecule has 0 saturated heterocycles. The summed E-state index contributed by atoms with van der Waals surface area (Å²) < 4.78 is 1.99. The lowest BCUT2D eigenvalue weighted by molar-refractivity contribution is 0.446. The molecule has 0 atom stereocenters. The molecule has 1 N–H and O–H groups in total. The first kappa shape index (κ1) is 28.4. The molecule has 0 spiro atoms. The van der Waals surface area contributed by atoms with E-state index in [-0.39, 0.29) is 16.6 Å². The number of rotatable bonds is 4. The van der Waals surface area contributed by atoms with Gasteiger partial charge in [0, 0.05) is 36.1 Å². The molecule has 216 valence electrons. The Kier molecular flexibility index (Phi) is 6.92. The number of nitrogens with zero attached hydrogens (tertiary/aromatic N) is 4. The second-order valence-electron chi connectivity index (χ2n) is 13.3. The number of pyridine rings is 2. The van der Waals surface area contributed by atoms with E-state index < -0.39 is 0 Å². The summed E-state index contributed by atoms with van der Waals surface area (Å²) in [5, 5.41) is 11.6. The highest BCUT2D eigenvalue weighted by molar-refractivity contribution is 5.93. The minimum atomic E-state index is -0.236. The van der Waals surface area contributed by atoms with E-state index in [1.807, 2.05) is 42.2 Å². The first-order valence-electron chi connectivity index (χ1n) is 14.7. The number of imidazole rings is 1. The monoisotopic (exact) mass is 566 g/mol. The van der Waals surface area contributed by atoms with Crippen molar-refractivity contribution in [3.05, 3.63) is 108 Å². The molecule has 0 aliphatic rings. The molecule has 5 nitrogen and oxygen atoms in total. The number of phenols is 1. The Balaban J connectivity index is 1.49. The van der Waals surface area contributed by atoms with Gasteiger partial charge in [0.25, 0.3) is 0 Å². The van der Waals surface area contributed by atoms with Crippen molar-refractivity contribution >= 4 is 11.2 Å². The predicted octanol–water partition coefficient (Wildman–Crippen LogP) is 9.33. The molecule has 6 rings (SSSR count). The van der Waals surface area contributed by atoms with Gasteiger partial charge < -0.3 is 9.67 Å². The fourth-order valence-corrected chi connectivity index (χ4v) is 5.61. The summed E-state index contributed by atoms with van der Waals surface area (Å²) in [7, 11) is 1.97. The zero-order chi connectivity index (χ0) is 30.5. The van der Waals surface area contributed by atoms with E-state index in [2.05, 4.69) is 108 Å². The zero-order valence-electron chi connectivity index (χ0n) is 26.0. The molecule has 0 amide bonds. The quantitative estimate of drug-likeness (QED) is 0.231. The van der Waals surface area contributed by atoms with Crippen LogP contribution in [0.3, 0.4) is 0 Å². The summed E-state index contributed by atoms with van der Waals surface area (Å²) >= 11 is 0. The molecule has 3 aromatic carbocycles. The molecule has 43 heavy (non-hydrogen) atoms. The minimum absolute atomic E-state index is 0.0945.